The van der Waals surface area contributed by atoms with Gasteiger partial charge in [-0.15, -0.1) is 0 Å². The predicted molar refractivity (Wildman–Crippen MR) is 90.1 cm³/mol. The highest BCUT2D eigenvalue weighted by atomic mass is 16.6. The number of carboxylic acids is 1. The fourth-order valence-corrected chi connectivity index (χ4v) is 4.14. The van der Waals surface area contributed by atoms with Gasteiger partial charge in [0.1, 0.15) is 0 Å². The predicted octanol–water partition coefficient (Wildman–Crippen LogP) is 2.77. The number of nitro groups is 1. The van der Waals surface area contributed by atoms with Crippen LogP contribution in [-0.4, -0.2) is 39.4 Å². The molecule has 1 aliphatic heterocycles. The molecule has 0 radical (unpaired) electrons. The molecule has 1 saturated heterocycles. The van der Waals surface area contributed by atoms with E-state index in [1.54, 1.807) is 23.1 Å². The molecule has 25 heavy (non-hydrogen) atoms. The third kappa shape index (κ3) is 3.10. The molecule has 1 aromatic carbocycles. The van der Waals surface area contributed by atoms with Gasteiger partial charge in [0.25, 0.3) is 5.69 Å². The van der Waals surface area contributed by atoms with Crippen molar-refractivity contribution in [1.29, 1.82) is 0 Å². The zero-order valence-electron chi connectivity index (χ0n) is 14.0. The molecular formula is C18H22N2O5. The minimum atomic E-state index is -1.59. The van der Waals surface area contributed by atoms with E-state index < -0.39 is 16.3 Å². The number of carbonyl (C=O) groups excluding carboxylic acids is 1. The Kier molecular flexibility index (Phi) is 4.74. The first-order valence-electron chi connectivity index (χ1n) is 8.72. The van der Waals surface area contributed by atoms with Crippen LogP contribution in [0.5, 0.6) is 0 Å². The van der Waals surface area contributed by atoms with Gasteiger partial charge >= 0.3 is 5.97 Å². The molecule has 1 atom stereocenters. The fraction of sp³-hybridized carbons (Fsp3) is 0.556. The summed E-state index contributed by atoms with van der Waals surface area (Å²) in [5.41, 5.74) is -1.43. The number of carboxylic acid groups (broad SMARTS) is 1. The summed E-state index contributed by atoms with van der Waals surface area (Å²) in [5.74, 6) is -1.57. The Hall–Kier alpha value is -2.44. The Bertz CT molecular complexity index is 698. The summed E-state index contributed by atoms with van der Waals surface area (Å²) < 4.78 is 0. The average molecular weight is 346 g/mol. The molecule has 1 N–H and O–H groups in total. The summed E-state index contributed by atoms with van der Waals surface area (Å²) in [7, 11) is 0. The molecule has 1 aromatic rings. The van der Waals surface area contributed by atoms with Crippen molar-refractivity contribution in [2.45, 2.75) is 51.0 Å². The first kappa shape index (κ1) is 17.4. The van der Waals surface area contributed by atoms with Gasteiger partial charge in [-0.3, -0.25) is 19.7 Å². The number of benzene rings is 1. The van der Waals surface area contributed by atoms with Crippen molar-refractivity contribution in [3.63, 3.8) is 0 Å². The molecule has 1 unspecified atom stereocenters. The Morgan fingerprint density at radius 2 is 1.96 bits per heavy atom. The first-order valence-corrected chi connectivity index (χ1v) is 8.72. The largest absolute Gasteiger partial charge is 0.480 e. The monoisotopic (exact) mass is 346 g/mol. The van der Waals surface area contributed by atoms with E-state index >= 15 is 0 Å². The van der Waals surface area contributed by atoms with Crippen molar-refractivity contribution in [3.8, 4) is 0 Å². The van der Waals surface area contributed by atoms with E-state index in [0.717, 1.165) is 32.1 Å². The van der Waals surface area contributed by atoms with Crippen molar-refractivity contribution in [1.82, 2.24) is 4.90 Å². The third-order valence-corrected chi connectivity index (χ3v) is 5.56. The molecule has 134 valence electrons. The second-order valence-electron chi connectivity index (χ2n) is 6.99. The number of likely N-dealkylation sites (tertiary alicyclic amines) is 1. The summed E-state index contributed by atoms with van der Waals surface area (Å²) >= 11 is 0. The fourth-order valence-electron chi connectivity index (χ4n) is 4.14. The van der Waals surface area contributed by atoms with Crippen molar-refractivity contribution in [2.24, 2.45) is 5.41 Å². The summed E-state index contributed by atoms with van der Waals surface area (Å²) in [6.07, 6.45) is 5.14. The minimum absolute atomic E-state index is 0.105. The van der Waals surface area contributed by atoms with Crippen molar-refractivity contribution in [3.05, 3.63) is 39.9 Å². The van der Waals surface area contributed by atoms with Gasteiger partial charge in [0.05, 0.1) is 4.92 Å². The van der Waals surface area contributed by atoms with E-state index in [4.69, 9.17) is 0 Å². The summed E-state index contributed by atoms with van der Waals surface area (Å²) in [6.45, 7) is 0.413. The number of rotatable bonds is 5. The highest BCUT2D eigenvalue weighted by molar-refractivity contribution is 6.04. The zero-order chi connectivity index (χ0) is 18.0. The standard InChI is InChI=1S/C18H22N2O5/c21-16-18(17(22)23,10-11-19(16)14-7-2-1-3-8-14)12-13-6-4-5-9-15(13)20(24)25/h4-6,9,14H,1-3,7-8,10-12H2,(H,22,23). The normalized spacial score (nSPS) is 24.5. The van der Waals surface area contributed by atoms with Crippen LogP contribution in [0.4, 0.5) is 5.69 Å². The molecule has 2 aliphatic rings. The molecular weight excluding hydrogens is 324 g/mol. The van der Waals surface area contributed by atoms with Crippen LogP contribution in [0.25, 0.3) is 0 Å². The lowest BCUT2D eigenvalue weighted by Gasteiger charge is -2.32. The number of hydrogen-bond donors (Lipinski definition) is 1. The van der Waals surface area contributed by atoms with E-state index in [9.17, 15) is 24.8 Å². The lowest BCUT2D eigenvalue weighted by atomic mass is 9.79. The van der Waals surface area contributed by atoms with E-state index in [0.29, 0.717) is 12.1 Å². The molecule has 0 aromatic heterocycles. The lowest BCUT2D eigenvalue weighted by molar-refractivity contribution is -0.385. The van der Waals surface area contributed by atoms with Gasteiger partial charge in [0.2, 0.25) is 5.91 Å². The van der Waals surface area contributed by atoms with Crippen LogP contribution in [0.15, 0.2) is 24.3 Å². The Morgan fingerprint density at radius 1 is 1.28 bits per heavy atom. The van der Waals surface area contributed by atoms with Crippen molar-refractivity contribution in [2.75, 3.05) is 6.54 Å². The van der Waals surface area contributed by atoms with Gasteiger partial charge in [-0.25, -0.2) is 0 Å². The molecule has 0 bridgehead atoms. The number of hydrogen-bond acceptors (Lipinski definition) is 4. The van der Waals surface area contributed by atoms with Crippen LogP contribution in [0, 0.1) is 15.5 Å². The Balaban J connectivity index is 1.90. The minimum Gasteiger partial charge on any atom is -0.480 e. The van der Waals surface area contributed by atoms with Crippen molar-refractivity contribution >= 4 is 17.6 Å². The quantitative estimate of drug-likeness (QED) is 0.502. The highest BCUT2D eigenvalue weighted by Gasteiger charge is 2.54. The maximum atomic E-state index is 13.0. The van der Waals surface area contributed by atoms with E-state index in [1.807, 2.05) is 0 Å². The van der Waals surface area contributed by atoms with Gasteiger partial charge in [0.15, 0.2) is 5.41 Å². The molecule has 7 nitrogen and oxygen atoms in total. The molecule has 1 amide bonds. The SMILES string of the molecule is O=C(O)C1(Cc2ccccc2[N+](=O)[O-])CCN(C2CCCCC2)C1=O. The second-order valence-corrected chi connectivity index (χ2v) is 6.99. The number of aliphatic carboxylic acids is 1. The topological polar surface area (TPSA) is 101 Å². The first-order chi connectivity index (χ1) is 12.0. The molecule has 7 heteroatoms. The van der Waals surface area contributed by atoms with Gasteiger partial charge in [0, 0.05) is 30.6 Å². The van der Waals surface area contributed by atoms with E-state index in [2.05, 4.69) is 0 Å². The van der Waals surface area contributed by atoms with Gasteiger partial charge in [-0.05, 0) is 19.3 Å². The molecule has 1 heterocycles. The third-order valence-electron chi connectivity index (χ3n) is 5.56. The number of carbonyl (C=O) groups is 2. The summed E-state index contributed by atoms with van der Waals surface area (Å²) in [4.78, 5) is 37.5. The summed E-state index contributed by atoms with van der Waals surface area (Å²) in [5, 5.41) is 21.0. The van der Waals surface area contributed by atoms with Gasteiger partial charge < -0.3 is 10.0 Å². The molecule has 2 fully saturated rings. The van der Waals surface area contributed by atoms with Crippen LogP contribution < -0.4 is 0 Å². The zero-order valence-corrected chi connectivity index (χ0v) is 14.0. The van der Waals surface area contributed by atoms with Crippen LogP contribution in [-0.2, 0) is 16.0 Å². The highest BCUT2D eigenvalue weighted by Crippen LogP contribution is 2.40. The number of nitro benzene ring substituents is 1. The molecule has 3 rings (SSSR count). The Morgan fingerprint density at radius 3 is 2.60 bits per heavy atom. The molecule has 0 spiro atoms. The second kappa shape index (κ2) is 6.82. The maximum Gasteiger partial charge on any atom is 0.319 e. The number of amides is 1. The number of para-hydroxylation sites is 1. The van der Waals surface area contributed by atoms with Crippen LogP contribution in [0.1, 0.15) is 44.1 Å². The van der Waals surface area contributed by atoms with E-state index in [1.165, 1.54) is 6.07 Å². The van der Waals surface area contributed by atoms with Crippen LogP contribution in [0.3, 0.4) is 0 Å². The average Bonchev–Trinajstić information content (AvgIpc) is 2.94. The van der Waals surface area contributed by atoms with Crippen LogP contribution >= 0.6 is 0 Å². The van der Waals surface area contributed by atoms with E-state index in [-0.39, 0.29) is 30.5 Å². The van der Waals surface area contributed by atoms with Crippen LogP contribution in [0.2, 0.25) is 0 Å². The maximum absolute atomic E-state index is 13.0. The van der Waals surface area contributed by atoms with Gasteiger partial charge in [-0.2, -0.15) is 0 Å². The lowest BCUT2D eigenvalue weighted by Crippen LogP contribution is -2.46. The molecule has 1 aliphatic carbocycles. The summed E-state index contributed by atoms with van der Waals surface area (Å²) in [6, 6.07) is 6.17. The van der Waals surface area contributed by atoms with Gasteiger partial charge in [-0.1, -0.05) is 37.5 Å². The van der Waals surface area contributed by atoms with Crippen molar-refractivity contribution < 1.29 is 19.6 Å². The Labute approximate surface area is 145 Å². The smallest absolute Gasteiger partial charge is 0.319 e. The molecule has 1 saturated carbocycles. The number of nitrogens with zero attached hydrogens (tertiary/aromatic N) is 2.